The molecule has 1 aromatic carbocycles. The normalized spacial score (nSPS) is 10.5. The number of methoxy groups -OCH3 is 1. The molecule has 0 atom stereocenters. The number of carboxylic acids is 1. The fraction of sp³-hybridized carbons (Fsp3) is 0.391. The number of nitrogens with zero attached hydrogens (tertiary/aromatic N) is 2. The molecular weight excluding hydrogens is 382 g/mol. The Balaban J connectivity index is 2.09. The van der Waals surface area contributed by atoms with Gasteiger partial charge in [0.15, 0.2) is 0 Å². The Labute approximate surface area is 177 Å². The highest BCUT2D eigenvalue weighted by Gasteiger charge is 2.14. The molecule has 1 amide bonds. The van der Waals surface area contributed by atoms with Crippen molar-refractivity contribution in [3.8, 4) is 17.0 Å². The second-order valence-electron chi connectivity index (χ2n) is 6.90. The summed E-state index contributed by atoms with van der Waals surface area (Å²) >= 11 is 0. The monoisotopic (exact) mass is 411 g/mol. The third-order valence-corrected chi connectivity index (χ3v) is 4.82. The quantitative estimate of drug-likeness (QED) is 0.455. The van der Waals surface area contributed by atoms with Crippen LogP contribution in [0.4, 0.5) is 0 Å². The van der Waals surface area contributed by atoms with Gasteiger partial charge in [0.05, 0.1) is 19.2 Å². The lowest BCUT2D eigenvalue weighted by atomic mass is 10.0. The zero-order valence-corrected chi connectivity index (χ0v) is 17.8. The third kappa shape index (κ3) is 6.14. The van der Waals surface area contributed by atoms with Crippen LogP contribution in [-0.2, 0) is 22.4 Å². The van der Waals surface area contributed by atoms with Crippen molar-refractivity contribution in [1.82, 2.24) is 9.88 Å². The lowest BCUT2D eigenvalue weighted by Crippen LogP contribution is -2.35. The molecule has 7 heteroatoms. The molecule has 30 heavy (non-hydrogen) atoms. The number of ether oxygens (including phenoxy) is 1. The molecule has 0 radical (unpaired) electrons. The van der Waals surface area contributed by atoms with Crippen LogP contribution in [0.5, 0.6) is 5.75 Å². The first kappa shape index (κ1) is 23.1. The zero-order valence-electron chi connectivity index (χ0n) is 17.8. The van der Waals surface area contributed by atoms with Gasteiger partial charge in [0.2, 0.25) is 5.91 Å². The van der Waals surface area contributed by atoms with E-state index in [1.54, 1.807) is 19.1 Å². The molecule has 0 fully saturated rings. The third-order valence-electron chi connectivity index (χ3n) is 4.82. The molecule has 1 heterocycles. The van der Waals surface area contributed by atoms with Crippen LogP contribution in [0.15, 0.2) is 36.4 Å². The zero-order chi connectivity index (χ0) is 22.1. The van der Waals surface area contributed by atoms with E-state index >= 15 is 0 Å². The van der Waals surface area contributed by atoms with Crippen molar-refractivity contribution in [2.75, 3.05) is 13.7 Å². The molecule has 0 bridgehead atoms. The number of carboxylic acid groups (broad SMARTS) is 1. The summed E-state index contributed by atoms with van der Waals surface area (Å²) in [7, 11) is 1.52. The van der Waals surface area contributed by atoms with Gasteiger partial charge < -0.3 is 14.7 Å². The average Bonchev–Trinajstić information content (AvgIpc) is 2.73. The molecule has 7 nitrogen and oxygen atoms in total. The minimum atomic E-state index is -0.919. The van der Waals surface area contributed by atoms with E-state index in [4.69, 9.17) is 20.2 Å². The number of hydrogen-bond acceptors (Lipinski definition) is 5. The van der Waals surface area contributed by atoms with E-state index in [1.165, 1.54) is 12.0 Å². The summed E-state index contributed by atoms with van der Waals surface area (Å²) in [6.45, 7) is 4.19. The number of amides is 1. The van der Waals surface area contributed by atoms with Crippen molar-refractivity contribution in [3.05, 3.63) is 47.7 Å². The Morgan fingerprint density at radius 1 is 1.20 bits per heavy atom. The largest absolute Gasteiger partial charge is 0.496 e. The predicted molar refractivity (Wildman–Crippen MR) is 116 cm³/mol. The summed E-state index contributed by atoms with van der Waals surface area (Å²) in [6.07, 6.45) is 2.19. The number of hydrogen-bond donors (Lipinski definition) is 2. The second kappa shape index (κ2) is 11.1. The molecule has 2 N–H and O–H groups in total. The van der Waals surface area contributed by atoms with Gasteiger partial charge in [-0.05, 0) is 50.1 Å². The van der Waals surface area contributed by atoms with Crippen molar-refractivity contribution in [2.24, 2.45) is 0 Å². The highest BCUT2D eigenvalue weighted by molar-refractivity contribution is 5.96. The van der Waals surface area contributed by atoms with Gasteiger partial charge in [0.25, 0.3) is 0 Å². The van der Waals surface area contributed by atoms with Crippen LogP contribution in [-0.4, -0.2) is 46.4 Å². The maximum absolute atomic E-state index is 11.9. The van der Waals surface area contributed by atoms with E-state index in [9.17, 15) is 9.59 Å². The number of aliphatic carboxylic acids is 1. The Hall–Kier alpha value is -3.22. The number of pyridine rings is 1. The average molecular weight is 412 g/mol. The Bertz CT molecular complexity index is 911. The molecule has 2 aromatic rings. The fourth-order valence-electron chi connectivity index (χ4n) is 3.30. The number of amidine groups is 1. The van der Waals surface area contributed by atoms with Crippen LogP contribution < -0.4 is 4.74 Å². The van der Waals surface area contributed by atoms with Crippen LogP contribution in [0.3, 0.4) is 0 Å². The Morgan fingerprint density at radius 3 is 2.60 bits per heavy atom. The van der Waals surface area contributed by atoms with Gasteiger partial charge in [0.1, 0.15) is 11.6 Å². The molecule has 0 unspecified atom stereocenters. The Kier molecular flexibility index (Phi) is 8.53. The van der Waals surface area contributed by atoms with Crippen LogP contribution >= 0.6 is 0 Å². The summed E-state index contributed by atoms with van der Waals surface area (Å²) in [4.78, 5) is 29.2. The van der Waals surface area contributed by atoms with Crippen molar-refractivity contribution in [2.45, 2.75) is 46.0 Å². The number of benzene rings is 1. The Morgan fingerprint density at radius 2 is 1.97 bits per heavy atom. The molecule has 0 saturated heterocycles. The molecule has 0 spiro atoms. The van der Waals surface area contributed by atoms with Gasteiger partial charge in [-0.15, -0.1) is 0 Å². The molecule has 2 rings (SSSR count). The van der Waals surface area contributed by atoms with Crippen molar-refractivity contribution in [3.63, 3.8) is 0 Å². The smallest absolute Gasteiger partial charge is 0.307 e. The van der Waals surface area contributed by atoms with Gasteiger partial charge in [-0.2, -0.15) is 0 Å². The van der Waals surface area contributed by atoms with E-state index in [0.29, 0.717) is 43.0 Å². The van der Waals surface area contributed by atoms with Crippen LogP contribution in [0, 0.1) is 5.41 Å². The molecule has 0 aliphatic rings. The van der Waals surface area contributed by atoms with Crippen LogP contribution in [0.1, 0.15) is 44.4 Å². The minimum Gasteiger partial charge on any atom is -0.496 e. The lowest BCUT2D eigenvalue weighted by Gasteiger charge is -2.20. The van der Waals surface area contributed by atoms with Crippen molar-refractivity contribution in [1.29, 1.82) is 5.41 Å². The molecule has 1 aromatic heterocycles. The van der Waals surface area contributed by atoms with Crippen molar-refractivity contribution >= 4 is 17.7 Å². The number of carbonyl (C=O) groups excluding carboxylic acids is 1. The maximum atomic E-state index is 11.9. The van der Waals surface area contributed by atoms with Gasteiger partial charge >= 0.3 is 5.97 Å². The number of aryl methyl sites for hydroxylation is 1. The van der Waals surface area contributed by atoms with E-state index in [-0.39, 0.29) is 12.3 Å². The standard InChI is InChI=1S/C23H29N3O4/c1-4-22(27)26(5-2)21(24)11-7-9-18-8-6-10-19(25-18)16-12-13-20(30-3)17(14-16)15-23(28)29/h6,8,10,12-14,24H,4-5,7,9,11,15H2,1-3H3,(H,28,29). The highest BCUT2D eigenvalue weighted by Crippen LogP contribution is 2.26. The molecule has 160 valence electrons. The first-order valence-corrected chi connectivity index (χ1v) is 10.1. The summed E-state index contributed by atoms with van der Waals surface area (Å²) in [5, 5.41) is 17.3. The summed E-state index contributed by atoms with van der Waals surface area (Å²) < 4.78 is 5.26. The molecular formula is C23H29N3O4. The summed E-state index contributed by atoms with van der Waals surface area (Å²) in [6, 6.07) is 11.2. The number of rotatable bonds is 10. The second-order valence-corrected chi connectivity index (χ2v) is 6.90. The topological polar surface area (TPSA) is 104 Å². The molecule has 0 aliphatic carbocycles. The first-order valence-electron chi connectivity index (χ1n) is 10.1. The lowest BCUT2D eigenvalue weighted by molar-refractivity contribution is -0.136. The SMILES string of the molecule is CCC(=O)N(CC)C(=N)CCCc1cccc(-c2ccc(OC)c(CC(=O)O)c2)n1. The van der Waals surface area contributed by atoms with E-state index in [0.717, 1.165) is 23.4 Å². The first-order chi connectivity index (χ1) is 14.4. The van der Waals surface area contributed by atoms with E-state index < -0.39 is 5.97 Å². The van der Waals surface area contributed by atoms with Crippen LogP contribution in [0.2, 0.25) is 0 Å². The van der Waals surface area contributed by atoms with Gasteiger partial charge in [-0.3, -0.25) is 20.0 Å². The van der Waals surface area contributed by atoms with E-state index in [2.05, 4.69) is 0 Å². The number of carbonyl (C=O) groups is 2. The summed E-state index contributed by atoms with van der Waals surface area (Å²) in [5.74, 6) is -0.0662. The van der Waals surface area contributed by atoms with Crippen LogP contribution in [0.25, 0.3) is 11.3 Å². The fourth-order valence-corrected chi connectivity index (χ4v) is 3.30. The molecule has 0 saturated carbocycles. The summed E-state index contributed by atoms with van der Waals surface area (Å²) in [5.41, 5.74) is 3.07. The van der Waals surface area contributed by atoms with Gasteiger partial charge in [-0.25, -0.2) is 0 Å². The van der Waals surface area contributed by atoms with Gasteiger partial charge in [0, 0.05) is 36.2 Å². The predicted octanol–water partition coefficient (Wildman–Crippen LogP) is 3.94. The number of nitrogens with one attached hydrogen (secondary N) is 1. The highest BCUT2D eigenvalue weighted by atomic mass is 16.5. The molecule has 0 aliphatic heterocycles. The number of aromatic nitrogens is 1. The van der Waals surface area contributed by atoms with Crippen molar-refractivity contribution < 1.29 is 19.4 Å². The van der Waals surface area contributed by atoms with Gasteiger partial charge in [-0.1, -0.05) is 13.0 Å². The maximum Gasteiger partial charge on any atom is 0.307 e. The van der Waals surface area contributed by atoms with E-state index in [1.807, 2.05) is 31.2 Å². The minimum absolute atomic E-state index is 0.0284.